The smallest absolute Gasteiger partial charge is 0.415 e. The number of halogens is 2. The summed E-state index contributed by atoms with van der Waals surface area (Å²) in [7, 11) is 0. The van der Waals surface area contributed by atoms with E-state index in [9.17, 15) is 28.6 Å². The number of aliphatic hydroxyl groups is 1. The topological polar surface area (TPSA) is 102 Å². The minimum atomic E-state index is -0.903. The summed E-state index contributed by atoms with van der Waals surface area (Å²) >= 11 is 0. The maximum absolute atomic E-state index is 13.6. The van der Waals surface area contributed by atoms with Crippen molar-refractivity contribution in [3.05, 3.63) is 89.5 Å². The van der Waals surface area contributed by atoms with Gasteiger partial charge in [-0.15, -0.1) is 0 Å². The molecule has 0 bridgehead atoms. The van der Waals surface area contributed by atoms with Crippen LogP contribution in [0.25, 0.3) is 0 Å². The van der Waals surface area contributed by atoms with Crippen LogP contribution >= 0.6 is 0 Å². The lowest BCUT2D eigenvalue weighted by atomic mass is 9.78. The van der Waals surface area contributed by atoms with E-state index in [-0.39, 0.29) is 23.8 Å². The van der Waals surface area contributed by atoms with Gasteiger partial charge in [0.25, 0.3) is 0 Å². The number of aliphatic hydroxyl groups excluding tert-OH is 1. The van der Waals surface area contributed by atoms with Gasteiger partial charge in [0.2, 0.25) is 5.91 Å². The van der Waals surface area contributed by atoms with Crippen molar-refractivity contribution < 1.29 is 33.3 Å². The van der Waals surface area contributed by atoms with Gasteiger partial charge in [-0.25, -0.2) is 13.6 Å². The summed E-state index contributed by atoms with van der Waals surface area (Å²) in [6.45, 7) is 2.38. The number of hydrogen-bond acceptors (Lipinski definition) is 6. The number of phenols is 1. The number of nitrogens with one attached hydrogen (secondary N) is 1. The first-order valence-corrected chi connectivity index (χ1v) is 12.8. The Balaban J connectivity index is 1.36. The molecule has 3 N–H and O–H groups in total. The van der Waals surface area contributed by atoms with Crippen molar-refractivity contribution in [1.29, 1.82) is 0 Å². The number of carbonyl (C=O) groups is 2. The Hall–Kier alpha value is -4.02. The fraction of sp³-hybridized carbons (Fsp3) is 0.310. The van der Waals surface area contributed by atoms with E-state index in [1.54, 1.807) is 17.0 Å². The number of anilines is 1. The van der Waals surface area contributed by atoms with Gasteiger partial charge in [0.1, 0.15) is 23.1 Å². The third kappa shape index (κ3) is 5.71. The zero-order chi connectivity index (χ0) is 27.5. The van der Waals surface area contributed by atoms with Crippen LogP contribution in [0.1, 0.15) is 36.1 Å². The van der Waals surface area contributed by atoms with Crippen molar-refractivity contribution in [3.63, 3.8) is 0 Å². The Bertz CT molecular complexity index is 1330. The number of phenolic OH excluding ortho intramolecular Hbond substituents is 1. The average molecular weight is 538 g/mol. The van der Waals surface area contributed by atoms with Gasteiger partial charge in [0.05, 0.1) is 18.1 Å². The SMILES string of the molecule is O=C(Oc1ccc([C@@H]2[C@@H](CC[C@H](O)c3ccc(F)cc3)C(=O)N2c2ccc(F)cc2)c(O)c1)N1CCNCC1. The van der Waals surface area contributed by atoms with E-state index in [1.807, 2.05) is 0 Å². The van der Waals surface area contributed by atoms with Crippen LogP contribution in [-0.2, 0) is 4.79 Å². The second kappa shape index (κ2) is 11.4. The number of carbonyl (C=O) groups excluding carboxylic acids is 2. The summed E-state index contributed by atoms with van der Waals surface area (Å²) in [5.41, 5.74) is 1.44. The van der Waals surface area contributed by atoms with Gasteiger partial charge in [0.15, 0.2) is 0 Å². The second-order valence-corrected chi connectivity index (χ2v) is 9.71. The van der Waals surface area contributed by atoms with Crippen LogP contribution < -0.4 is 15.0 Å². The highest BCUT2D eigenvalue weighted by molar-refractivity contribution is 6.03. The fourth-order valence-corrected chi connectivity index (χ4v) is 5.11. The summed E-state index contributed by atoms with van der Waals surface area (Å²) in [6.07, 6.45) is -0.891. The summed E-state index contributed by atoms with van der Waals surface area (Å²) in [4.78, 5) is 28.8. The number of aromatic hydroxyl groups is 1. The first kappa shape index (κ1) is 26.6. The number of benzene rings is 3. The predicted octanol–water partition coefficient (Wildman–Crippen LogP) is 4.29. The maximum Gasteiger partial charge on any atom is 0.415 e. The molecule has 0 saturated carbocycles. The largest absolute Gasteiger partial charge is 0.507 e. The van der Waals surface area contributed by atoms with Crippen molar-refractivity contribution in [1.82, 2.24) is 10.2 Å². The van der Waals surface area contributed by atoms with Gasteiger partial charge in [0, 0.05) is 43.5 Å². The number of rotatable bonds is 7. The quantitative estimate of drug-likeness (QED) is 0.389. The lowest BCUT2D eigenvalue weighted by molar-refractivity contribution is -0.131. The number of β-lactam (4-membered cyclic amide) rings is 1. The Kier molecular flexibility index (Phi) is 7.76. The maximum atomic E-state index is 13.6. The first-order chi connectivity index (χ1) is 18.8. The van der Waals surface area contributed by atoms with E-state index in [1.165, 1.54) is 59.5 Å². The molecule has 204 valence electrons. The lowest BCUT2D eigenvalue weighted by Crippen LogP contribution is -2.55. The monoisotopic (exact) mass is 537 g/mol. The molecule has 0 unspecified atom stereocenters. The zero-order valence-electron chi connectivity index (χ0n) is 21.1. The molecule has 0 aromatic heterocycles. The van der Waals surface area contributed by atoms with Crippen LogP contribution in [0.3, 0.4) is 0 Å². The molecule has 3 aromatic carbocycles. The number of hydrogen-bond donors (Lipinski definition) is 3. The van der Waals surface area contributed by atoms with E-state index < -0.39 is 35.8 Å². The number of amides is 2. The molecule has 0 radical (unpaired) electrons. The van der Waals surface area contributed by atoms with Crippen LogP contribution in [0, 0.1) is 17.6 Å². The van der Waals surface area contributed by atoms with Crippen LogP contribution in [0.15, 0.2) is 66.7 Å². The van der Waals surface area contributed by atoms with Crippen molar-refractivity contribution in [2.75, 3.05) is 31.1 Å². The van der Waals surface area contributed by atoms with Gasteiger partial charge in [-0.2, -0.15) is 0 Å². The average Bonchev–Trinajstić information content (AvgIpc) is 2.94. The fourth-order valence-electron chi connectivity index (χ4n) is 5.11. The van der Waals surface area contributed by atoms with E-state index in [0.29, 0.717) is 49.4 Å². The van der Waals surface area contributed by atoms with Crippen molar-refractivity contribution in [2.45, 2.75) is 25.0 Å². The van der Waals surface area contributed by atoms with Gasteiger partial charge in [-0.05, 0) is 66.9 Å². The minimum absolute atomic E-state index is 0.158. The highest BCUT2D eigenvalue weighted by Gasteiger charge is 2.49. The molecule has 0 aliphatic carbocycles. The first-order valence-electron chi connectivity index (χ1n) is 12.8. The Labute approximate surface area is 224 Å². The predicted molar refractivity (Wildman–Crippen MR) is 139 cm³/mol. The molecule has 8 nitrogen and oxygen atoms in total. The molecule has 5 rings (SSSR count). The number of ether oxygens (including phenoxy) is 1. The van der Waals surface area contributed by atoms with Gasteiger partial charge < -0.3 is 30.1 Å². The highest BCUT2D eigenvalue weighted by atomic mass is 19.1. The Morgan fingerprint density at radius 2 is 1.64 bits per heavy atom. The van der Waals surface area contributed by atoms with Gasteiger partial charge in [-0.1, -0.05) is 12.1 Å². The Morgan fingerprint density at radius 3 is 2.28 bits per heavy atom. The number of piperazine rings is 1. The molecule has 2 aliphatic heterocycles. The standard InChI is InChI=1S/C29H29F2N3O5/c30-19-3-1-18(2-4-19)25(35)12-11-24-27(34(28(24)37)21-7-5-20(31)6-8-21)23-10-9-22(17-26(23)36)39-29(38)33-15-13-32-14-16-33/h1-10,17,24-25,27,32,35-36H,11-16H2/t24-,25+,27-/m1/s1. The molecule has 39 heavy (non-hydrogen) atoms. The van der Waals surface area contributed by atoms with E-state index in [2.05, 4.69) is 5.32 Å². The van der Waals surface area contributed by atoms with Gasteiger partial charge >= 0.3 is 6.09 Å². The van der Waals surface area contributed by atoms with E-state index >= 15 is 0 Å². The van der Waals surface area contributed by atoms with Crippen LogP contribution in [0.4, 0.5) is 19.3 Å². The molecule has 2 aliphatic rings. The molecule has 10 heteroatoms. The molecular formula is C29H29F2N3O5. The molecular weight excluding hydrogens is 508 g/mol. The number of nitrogens with zero attached hydrogens (tertiary/aromatic N) is 2. The van der Waals surface area contributed by atoms with E-state index in [0.717, 1.165) is 0 Å². The molecule has 0 spiro atoms. The molecule has 2 heterocycles. The van der Waals surface area contributed by atoms with Gasteiger partial charge in [-0.3, -0.25) is 4.79 Å². The normalized spacial score (nSPS) is 19.9. The Morgan fingerprint density at radius 1 is 1.00 bits per heavy atom. The molecule has 2 saturated heterocycles. The van der Waals surface area contributed by atoms with Crippen LogP contribution in [-0.4, -0.2) is 53.3 Å². The van der Waals surface area contributed by atoms with Crippen molar-refractivity contribution in [3.8, 4) is 11.5 Å². The second-order valence-electron chi connectivity index (χ2n) is 9.71. The molecule has 3 atom stereocenters. The van der Waals surface area contributed by atoms with Crippen molar-refractivity contribution in [2.24, 2.45) is 5.92 Å². The highest BCUT2D eigenvalue weighted by Crippen LogP contribution is 2.49. The lowest BCUT2D eigenvalue weighted by Gasteiger charge is -2.48. The summed E-state index contributed by atoms with van der Waals surface area (Å²) in [5, 5.41) is 24.7. The molecule has 2 fully saturated rings. The van der Waals surface area contributed by atoms with Crippen LogP contribution in [0.5, 0.6) is 11.5 Å². The molecule has 2 amide bonds. The minimum Gasteiger partial charge on any atom is -0.507 e. The van der Waals surface area contributed by atoms with Crippen LogP contribution in [0.2, 0.25) is 0 Å². The summed E-state index contributed by atoms with van der Waals surface area (Å²) < 4.78 is 32.3. The zero-order valence-corrected chi connectivity index (χ0v) is 21.1. The van der Waals surface area contributed by atoms with Crippen molar-refractivity contribution >= 4 is 17.7 Å². The third-order valence-corrected chi connectivity index (χ3v) is 7.23. The summed E-state index contributed by atoms with van der Waals surface area (Å²) in [6, 6.07) is 14.9. The summed E-state index contributed by atoms with van der Waals surface area (Å²) in [5.74, 6) is -1.65. The van der Waals surface area contributed by atoms with E-state index in [4.69, 9.17) is 4.74 Å². The molecule has 3 aromatic rings. The third-order valence-electron chi connectivity index (χ3n) is 7.23.